The van der Waals surface area contributed by atoms with Gasteiger partial charge in [0.15, 0.2) is 5.78 Å². The van der Waals surface area contributed by atoms with Crippen molar-refractivity contribution in [3.05, 3.63) is 64.2 Å². The Hall–Kier alpha value is -7.52. The number of benzene rings is 2. The second kappa shape index (κ2) is 41.2. The van der Waals surface area contributed by atoms with Crippen molar-refractivity contribution in [3.63, 3.8) is 0 Å². The second-order valence-electron chi connectivity index (χ2n) is 23.1. The van der Waals surface area contributed by atoms with Crippen molar-refractivity contribution < 1.29 is 119 Å². The maximum atomic E-state index is 12.9. The van der Waals surface area contributed by atoms with Crippen LogP contribution in [0.3, 0.4) is 0 Å². The van der Waals surface area contributed by atoms with E-state index < -0.39 is 76.5 Å². The quantitative estimate of drug-likeness (QED) is 0.0322. The van der Waals surface area contributed by atoms with Gasteiger partial charge in [-0.1, -0.05) is 6.07 Å². The van der Waals surface area contributed by atoms with Gasteiger partial charge in [0.25, 0.3) is 23.6 Å². The summed E-state index contributed by atoms with van der Waals surface area (Å²) in [5.74, 6) is -6.09. The number of rotatable bonds is 40. The molecule has 30 heteroatoms. The molecule has 0 aliphatic carbocycles. The molecule has 0 radical (unpaired) electrons. The van der Waals surface area contributed by atoms with Gasteiger partial charge >= 0.3 is 17.9 Å². The molecular formula is C63H89N5O25. The normalized spacial score (nSPS) is 16.2. The molecule has 4 heterocycles. The molecule has 0 aromatic heterocycles. The van der Waals surface area contributed by atoms with Crippen LogP contribution in [-0.2, 0) is 102 Å². The van der Waals surface area contributed by atoms with Crippen LogP contribution in [0.4, 0.5) is 5.69 Å². The molecule has 2 aromatic carbocycles. The first kappa shape index (κ1) is 77.9. The monoisotopic (exact) mass is 1320 g/mol. The van der Waals surface area contributed by atoms with Crippen molar-refractivity contribution in [1.29, 1.82) is 0 Å². The predicted octanol–water partition coefficient (Wildman–Crippen LogP) is 2.35. The van der Waals surface area contributed by atoms with Crippen molar-refractivity contribution in [3.8, 4) is 0 Å². The Bertz CT molecular complexity index is 2850. The maximum Gasteiger partial charge on any atom is 0.329 e. The van der Waals surface area contributed by atoms with Gasteiger partial charge in [0.1, 0.15) is 36.5 Å². The third-order valence-electron chi connectivity index (χ3n) is 13.0. The van der Waals surface area contributed by atoms with Crippen LogP contribution in [0.1, 0.15) is 140 Å². The summed E-state index contributed by atoms with van der Waals surface area (Å²) >= 11 is 0. The number of nitrogens with two attached hydrogens (primary N) is 1. The van der Waals surface area contributed by atoms with Gasteiger partial charge in [-0.25, -0.2) is 4.79 Å². The molecule has 516 valence electrons. The summed E-state index contributed by atoms with van der Waals surface area (Å²) in [6.07, 6.45) is 2.25. The number of hydrogen-bond acceptors (Lipinski definition) is 25. The smallest absolute Gasteiger partial charge is 0.329 e. The molecule has 0 bridgehead atoms. The van der Waals surface area contributed by atoms with Crippen LogP contribution in [0.2, 0.25) is 0 Å². The highest BCUT2D eigenvalue weighted by Crippen LogP contribution is 2.30. The number of carboxylic acids is 1. The Labute approximate surface area is 539 Å². The lowest BCUT2D eigenvalue weighted by atomic mass is 10.0. The summed E-state index contributed by atoms with van der Waals surface area (Å²) in [6.45, 7) is 17.7. The molecule has 2 aromatic rings. The van der Waals surface area contributed by atoms with E-state index in [9.17, 15) is 57.5 Å². The van der Waals surface area contributed by atoms with Gasteiger partial charge in [-0.15, -0.1) is 0 Å². The van der Waals surface area contributed by atoms with Crippen LogP contribution in [0.5, 0.6) is 0 Å². The van der Waals surface area contributed by atoms with Crippen LogP contribution in [0.25, 0.3) is 0 Å². The number of anilines is 1. The molecule has 2 fully saturated rings. The van der Waals surface area contributed by atoms with Crippen molar-refractivity contribution in [2.75, 3.05) is 138 Å². The molecule has 30 nitrogen and oxygen atoms in total. The number of fused-ring (bicyclic) bond motifs is 2. The lowest BCUT2D eigenvalue weighted by Gasteiger charge is -2.27. The SMILES string of the molecule is CC(C)(C)OC(=O)CCCOCCOCCOCCOCCOCC(=O)Cc1ccc2c(c1)C(=O)N(C1CCC(=O)NC1=O)C2=O.CC(C)(C)OC(=O)CCCOCCOCCOCCOCCOCC(=O)O.Nc1ccc2c(c1)C(=O)N(C1CCC(=O)NC1=O)C2=O. The molecular weight excluding hydrogens is 1230 g/mol. The van der Waals surface area contributed by atoms with E-state index in [1.165, 1.54) is 30.3 Å². The molecule has 0 spiro atoms. The van der Waals surface area contributed by atoms with Crippen molar-refractivity contribution in [2.24, 2.45) is 0 Å². The van der Waals surface area contributed by atoms with E-state index in [0.717, 1.165) is 9.80 Å². The fraction of sp³-hybridized carbons (Fsp3) is 0.619. The number of carboxylic acid groups (broad SMARTS) is 1. The maximum absolute atomic E-state index is 12.9. The summed E-state index contributed by atoms with van der Waals surface area (Å²) in [5, 5.41) is 12.7. The summed E-state index contributed by atoms with van der Waals surface area (Å²) in [6, 6.07) is 6.98. The fourth-order valence-corrected chi connectivity index (χ4v) is 8.92. The molecule has 2 saturated heterocycles. The Kier molecular flexibility index (Phi) is 34.6. The predicted molar refractivity (Wildman–Crippen MR) is 325 cm³/mol. The minimum Gasteiger partial charge on any atom is -0.480 e. The average Bonchev–Trinajstić information content (AvgIpc) is 1.63. The molecule has 6 rings (SSSR count). The van der Waals surface area contributed by atoms with Gasteiger partial charge in [-0.2, -0.15) is 0 Å². The van der Waals surface area contributed by atoms with Gasteiger partial charge in [0.2, 0.25) is 23.6 Å². The minimum atomic E-state index is -1.04. The van der Waals surface area contributed by atoms with Gasteiger partial charge in [-0.3, -0.25) is 73.2 Å². The summed E-state index contributed by atoms with van der Waals surface area (Å²) in [4.78, 5) is 144. The zero-order chi connectivity index (χ0) is 68.3. The molecule has 4 aliphatic heterocycles. The number of ketones is 1. The zero-order valence-electron chi connectivity index (χ0n) is 53.8. The number of carbonyl (C=O) groups is 12. The first-order chi connectivity index (χ1) is 44.3. The highest BCUT2D eigenvalue weighted by Gasteiger charge is 2.46. The van der Waals surface area contributed by atoms with Crippen LogP contribution in [0, 0.1) is 0 Å². The highest BCUT2D eigenvalue weighted by atomic mass is 16.6. The number of amides is 8. The number of nitrogens with zero attached hydrogens (tertiary/aromatic N) is 2. The van der Waals surface area contributed by atoms with E-state index in [0.29, 0.717) is 136 Å². The number of carbonyl (C=O) groups excluding carboxylic acids is 11. The number of esters is 2. The van der Waals surface area contributed by atoms with Crippen LogP contribution < -0.4 is 16.4 Å². The molecule has 0 saturated carbocycles. The van der Waals surface area contributed by atoms with E-state index in [4.69, 9.17) is 67.7 Å². The van der Waals surface area contributed by atoms with Gasteiger partial charge in [-0.05, 0) is 103 Å². The lowest BCUT2D eigenvalue weighted by Crippen LogP contribution is -2.54. The molecule has 8 amide bonds. The van der Waals surface area contributed by atoms with E-state index in [2.05, 4.69) is 10.6 Å². The number of aliphatic carboxylic acids is 1. The highest BCUT2D eigenvalue weighted by molar-refractivity contribution is 6.24. The first-order valence-corrected chi connectivity index (χ1v) is 30.7. The second-order valence-corrected chi connectivity index (χ2v) is 23.1. The molecule has 2 unspecified atom stereocenters. The van der Waals surface area contributed by atoms with Gasteiger partial charge in [0.05, 0.1) is 128 Å². The summed E-state index contributed by atoms with van der Waals surface area (Å²) in [5.41, 5.74) is 6.30. The van der Waals surface area contributed by atoms with Crippen molar-refractivity contribution in [2.45, 2.75) is 123 Å². The largest absolute Gasteiger partial charge is 0.480 e. The summed E-state index contributed by atoms with van der Waals surface area (Å²) in [7, 11) is 0. The number of nitrogens with one attached hydrogen (secondary N) is 2. The number of Topliss-reactive ketones (excluding diaryl/α,β-unsaturated/α-hetero) is 1. The van der Waals surface area contributed by atoms with Gasteiger partial charge in [0, 0.05) is 51.0 Å². The number of imide groups is 4. The fourth-order valence-electron chi connectivity index (χ4n) is 8.92. The third-order valence-corrected chi connectivity index (χ3v) is 13.0. The van der Waals surface area contributed by atoms with E-state index in [1.54, 1.807) is 6.07 Å². The van der Waals surface area contributed by atoms with Crippen LogP contribution in [-0.4, -0.2) is 241 Å². The minimum absolute atomic E-state index is 0.00413. The number of piperidine rings is 2. The molecule has 4 aliphatic rings. The van der Waals surface area contributed by atoms with Gasteiger partial charge < -0.3 is 67.7 Å². The molecule has 5 N–H and O–H groups in total. The number of ether oxygens (including phenoxy) is 12. The number of hydrogen-bond donors (Lipinski definition) is 4. The van der Waals surface area contributed by atoms with Crippen molar-refractivity contribution in [1.82, 2.24) is 20.4 Å². The Morgan fingerprint density at radius 2 is 0.796 bits per heavy atom. The standard InChI is InChI=1S/C32H44N2O12.C18H34O9.C13H11N3O4/c1-32(2,3)46-28(37)5-4-10-41-11-12-42-13-14-43-15-16-44-17-18-45-21-23(35)19-22-6-7-24-25(20-22)31(40)34(30(24)39)26-8-9-27(36)33-29(26)38;1-18(2,3)27-17(21)5-4-6-22-7-8-23-9-10-24-11-12-25-13-14-26-15-16(19)20;14-6-1-2-7-8(5-6)13(20)16(12(7)19)9-3-4-10(17)15-11(9)18/h6-7,20,26H,4-5,8-19,21H2,1-3H3,(H,33,36,38);4-15H2,1-3H3,(H,19,20);1-2,5,9H,3-4,14H2,(H,15,17,18). The van der Waals surface area contributed by atoms with Crippen molar-refractivity contribution >= 4 is 76.6 Å². The average molecular weight is 1320 g/mol. The summed E-state index contributed by atoms with van der Waals surface area (Å²) < 4.78 is 63.6. The lowest BCUT2D eigenvalue weighted by molar-refractivity contribution is -0.156. The first-order valence-electron chi connectivity index (χ1n) is 30.7. The van der Waals surface area contributed by atoms with Crippen LogP contribution in [0.15, 0.2) is 36.4 Å². The Morgan fingerprint density at radius 1 is 0.462 bits per heavy atom. The Morgan fingerprint density at radius 3 is 1.16 bits per heavy atom. The third kappa shape index (κ3) is 30.0. The topological polar surface area (TPSA) is 392 Å². The Balaban J connectivity index is 0.000000330. The van der Waals surface area contributed by atoms with Crippen LogP contribution >= 0.6 is 0 Å². The zero-order valence-corrected chi connectivity index (χ0v) is 53.8. The number of nitrogen functional groups attached to an aromatic ring is 1. The molecule has 93 heavy (non-hydrogen) atoms. The van der Waals surface area contributed by atoms with E-state index in [-0.39, 0.29) is 105 Å². The van der Waals surface area contributed by atoms with E-state index in [1.807, 2.05) is 41.5 Å². The van der Waals surface area contributed by atoms with E-state index >= 15 is 0 Å². The molecule has 2 atom stereocenters.